The van der Waals surface area contributed by atoms with E-state index >= 15 is 0 Å². The number of hydrogen-bond acceptors (Lipinski definition) is 5. The maximum atomic E-state index is 11.5. The van der Waals surface area contributed by atoms with Gasteiger partial charge in [-0.05, 0) is 18.2 Å². The Kier molecular flexibility index (Phi) is 4.24. The lowest BCUT2D eigenvalue weighted by Crippen LogP contribution is -2.16. The number of sulfonamides is 1. The van der Waals surface area contributed by atoms with E-state index in [1.165, 1.54) is 12.1 Å². The number of carbonyl (C=O) groups is 1. The first kappa shape index (κ1) is 15.0. The summed E-state index contributed by atoms with van der Waals surface area (Å²) < 4.78 is 30.1. The van der Waals surface area contributed by atoms with Crippen molar-refractivity contribution in [1.82, 2.24) is 9.55 Å². The summed E-state index contributed by atoms with van der Waals surface area (Å²) in [6.07, 6.45) is 4.94. The predicted octanol–water partition coefficient (Wildman–Crippen LogP) is 0.308. The van der Waals surface area contributed by atoms with Gasteiger partial charge in [-0.2, -0.15) is 0 Å². The van der Waals surface area contributed by atoms with E-state index < -0.39 is 16.0 Å². The minimum Gasteiger partial charge on any atom is -0.490 e. The van der Waals surface area contributed by atoms with Crippen molar-refractivity contribution in [1.29, 1.82) is 0 Å². The number of ether oxygens (including phenoxy) is 1. The largest absolute Gasteiger partial charge is 0.490 e. The summed E-state index contributed by atoms with van der Waals surface area (Å²) in [5, 5.41) is 14.0. The number of rotatable bonds is 6. The van der Waals surface area contributed by atoms with Crippen LogP contribution in [0.5, 0.6) is 5.75 Å². The lowest BCUT2D eigenvalue weighted by Gasteiger charge is -2.11. The molecule has 0 aliphatic heterocycles. The molecule has 0 fully saturated rings. The van der Waals surface area contributed by atoms with Crippen molar-refractivity contribution in [3.63, 3.8) is 0 Å². The van der Waals surface area contributed by atoms with E-state index in [1.807, 2.05) is 0 Å². The lowest BCUT2D eigenvalue weighted by molar-refractivity contribution is 0.0696. The second-order valence-electron chi connectivity index (χ2n) is 4.16. The Morgan fingerprint density at radius 2 is 2.19 bits per heavy atom. The molecule has 0 atom stereocenters. The number of benzene rings is 1. The molecular weight excluding hydrogens is 298 g/mol. The van der Waals surface area contributed by atoms with E-state index in [0.29, 0.717) is 6.54 Å². The third kappa shape index (κ3) is 3.80. The van der Waals surface area contributed by atoms with Gasteiger partial charge in [-0.3, -0.25) is 0 Å². The molecule has 1 aromatic carbocycles. The number of carboxylic acid groups (broad SMARTS) is 1. The summed E-state index contributed by atoms with van der Waals surface area (Å²) in [6.45, 7) is 0.649. The van der Waals surface area contributed by atoms with Crippen molar-refractivity contribution in [2.75, 3.05) is 6.61 Å². The van der Waals surface area contributed by atoms with Crippen molar-refractivity contribution in [3.8, 4) is 5.75 Å². The SMILES string of the molecule is NS(=O)(=O)c1cc(C(=O)O)ccc1OCCn1ccnc1. The summed E-state index contributed by atoms with van der Waals surface area (Å²) in [6, 6.07) is 3.50. The van der Waals surface area contributed by atoms with Gasteiger partial charge in [0.25, 0.3) is 0 Å². The van der Waals surface area contributed by atoms with Gasteiger partial charge in [-0.1, -0.05) is 0 Å². The number of aromatic nitrogens is 2. The molecule has 3 N–H and O–H groups in total. The van der Waals surface area contributed by atoms with Crippen LogP contribution in [0.2, 0.25) is 0 Å². The molecule has 2 aromatic rings. The Labute approximate surface area is 120 Å². The molecule has 9 heteroatoms. The normalized spacial score (nSPS) is 11.3. The predicted molar refractivity (Wildman–Crippen MR) is 72.5 cm³/mol. The molecule has 0 aliphatic carbocycles. The number of hydrogen-bond donors (Lipinski definition) is 2. The summed E-state index contributed by atoms with van der Waals surface area (Å²) in [5.74, 6) is -1.23. The van der Waals surface area contributed by atoms with Crippen LogP contribution in [0.25, 0.3) is 0 Å². The first-order chi connectivity index (χ1) is 9.88. The molecule has 0 radical (unpaired) electrons. The number of carboxylic acids is 1. The van der Waals surface area contributed by atoms with E-state index in [-0.39, 0.29) is 22.8 Å². The van der Waals surface area contributed by atoms with Crippen LogP contribution in [0.3, 0.4) is 0 Å². The Morgan fingerprint density at radius 3 is 2.76 bits per heavy atom. The number of aromatic carboxylic acids is 1. The maximum absolute atomic E-state index is 11.5. The van der Waals surface area contributed by atoms with Crippen LogP contribution < -0.4 is 9.88 Å². The first-order valence-corrected chi connectivity index (χ1v) is 7.41. The Hall–Kier alpha value is -2.39. The molecule has 1 heterocycles. The van der Waals surface area contributed by atoms with Crippen molar-refractivity contribution in [3.05, 3.63) is 42.5 Å². The minimum atomic E-state index is -4.08. The molecule has 0 amide bonds. The highest BCUT2D eigenvalue weighted by Crippen LogP contribution is 2.24. The van der Waals surface area contributed by atoms with Crippen molar-refractivity contribution in [2.45, 2.75) is 11.4 Å². The van der Waals surface area contributed by atoms with Crippen LogP contribution in [0.15, 0.2) is 41.8 Å². The zero-order valence-corrected chi connectivity index (χ0v) is 11.7. The molecule has 0 bridgehead atoms. The fourth-order valence-electron chi connectivity index (χ4n) is 1.66. The molecule has 0 saturated heterocycles. The van der Waals surface area contributed by atoms with Gasteiger partial charge in [0.15, 0.2) is 0 Å². The molecule has 0 saturated carbocycles. The van der Waals surface area contributed by atoms with Gasteiger partial charge in [0, 0.05) is 12.4 Å². The van der Waals surface area contributed by atoms with Crippen molar-refractivity contribution >= 4 is 16.0 Å². The van der Waals surface area contributed by atoms with Gasteiger partial charge in [-0.15, -0.1) is 0 Å². The summed E-state index contributed by atoms with van der Waals surface area (Å²) in [5.41, 5.74) is -0.180. The van der Waals surface area contributed by atoms with Crippen LogP contribution in [-0.2, 0) is 16.6 Å². The van der Waals surface area contributed by atoms with E-state index in [1.54, 1.807) is 23.3 Å². The summed E-state index contributed by atoms with van der Waals surface area (Å²) >= 11 is 0. The average molecular weight is 311 g/mol. The molecule has 0 unspecified atom stereocenters. The molecule has 0 aliphatic rings. The molecule has 0 spiro atoms. The summed E-state index contributed by atoms with van der Waals surface area (Å²) in [7, 11) is -4.08. The molecule has 2 rings (SSSR count). The fraction of sp³-hybridized carbons (Fsp3) is 0.167. The highest BCUT2D eigenvalue weighted by molar-refractivity contribution is 7.89. The summed E-state index contributed by atoms with van der Waals surface area (Å²) in [4.78, 5) is 14.4. The van der Waals surface area contributed by atoms with Gasteiger partial charge in [0.1, 0.15) is 17.3 Å². The van der Waals surface area contributed by atoms with Crippen molar-refractivity contribution in [2.24, 2.45) is 5.14 Å². The molecule has 1 aromatic heterocycles. The smallest absolute Gasteiger partial charge is 0.335 e. The highest BCUT2D eigenvalue weighted by atomic mass is 32.2. The van der Waals surface area contributed by atoms with Crippen LogP contribution >= 0.6 is 0 Å². The van der Waals surface area contributed by atoms with Crippen LogP contribution in [0.4, 0.5) is 0 Å². The zero-order valence-electron chi connectivity index (χ0n) is 10.8. The topological polar surface area (TPSA) is 125 Å². The van der Waals surface area contributed by atoms with E-state index in [4.69, 9.17) is 15.0 Å². The second-order valence-corrected chi connectivity index (χ2v) is 5.69. The Bertz CT molecular complexity index is 740. The molecule has 8 nitrogen and oxygen atoms in total. The standard InChI is InChI=1S/C12H13N3O5S/c13-21(18,19)11-7-9(12(16)17)1-2-10(11)20-6-5-15-4-3-14-8-15/h1-4,7-8H,5-6H2,(H,16,17)(H2,13,18,19). The van der Waals surface area contributed by atoms with Crippen LogP contribution in [0, 0.1) is 0 Å². The number of imidazole rings is 1. The third-order valence-electron chi connectivity index (χ3n) is 2.66. The van der Waals surface area contributed by atoms with E-state index in [0.717, 1.165) is 6.07 Å². The third-order valence-corrected chi connectivity index (χ3v) is 3.60. The molecular formula is C12H13N3O5S. The lowest BCUT2D eigenvalue weighted by atomic mass is 10.2. The zero-order chi connectivity index (χ0) is 15.5. The minimum absolute atomic E-state index is 0.0163. The molecule has 112 valence electrons. The monoisotopic (exact) mass is 311 g/mol. The van der Waals surface area contributed by atoms with E-state index in [2.05, 4.69) is 4.98 Å². The maximum Gasteiger partial charge on any atom is 0.335 e. The second kappa shape index (κ2) is 5.94. The number of nitrogens with two attached hydrogens (primary N) is 1. The van der Waals surface area contributed by atoms with Gasteiger partial charge in [0.2, 0.25) is 10.0 Å². The van der Waals surface area contributed by atoms with Crippen LogP contribution in [-0.4, -0.2) is 35.7 Å². The number of primary sulfonamides is 1. The van der Waals surface area contributed by atoms with Gasteiger partial charge >= 0.3 is 5.97 Å². The van der Waals surface area contributed by atoms with Gasteiger partial charge in [-0.25, -0.2) is 23.3 Å². The van der Waals surface area contributed by atoms with Crippen LogP contribution in [0.1, 0.15) is 10.4 Å². The van der Waals surface area contributed by atoms with Crippen molar-refractivity contribution < 1.29 is 23.1 Å². The Morgan fingerprint density at radius 1 is 1.43 bits per heavy atom. The first-order valence-electron chi connectivity index (χ1n) is 5.86. The van der Waals surface area contributed by atoms with E-state index in [9.17, 15) is 13.2 Å². The fourth-order valence-corrected chi connectivity index (χ4v) is 2.36. The van der Waals surface area contributed by atoms with Gasteiger partial charge in [0.05, 0.1) is 18.4 Å². The van der Waals surface area contributed by atoms with Gasteiger partial charge < -0.3 is 14.4 Å². The Balaban J connectivity index is 2.20. The quantitative estimate of drug-likeness (QED) is 0.791. The molecule has 21 heavy (non-hydrogen) atoms. The highest BCUT2D eigenvalue weighted by Gasteiger charge is 2.18. The average Bonchev–Trinajstić information content (AvgIpc) is 2.90. The number of nitrogens with zero attached hydrogens (tertiary/aromatic N) is 2.